The minimum absolute atomic E-state index is 0.130. The predicted molar refractivity (Wildman–Crippen MR) is 69.9 cm³/mol. The van der Waals surface area contributed by atoms with Crippen molar-refractivity contribution in [3.63, 3.8) is 0 Å². The first kappa shape index (κ1) is 13.9. The number of ether oxygens (including phenoxy) is 1. The van der Waals surface area contributed by atoms with Gasteiger partial charge in [-0.1, -0.05) is 6.07 Å². The third kappa shape index (κ3) is 3.41. The molecule has 5 nitrogen and oxygen atoms in total. The Morgan fingerprint density at radius 2 is 1.94 bits per heavy atom. The van der Waals surface area contributed by atoms with Crippen LogP contribution in [0.3, 0.4) is 0 Å². The number of rotatable bonds is 4. The third-order valence-corrected chi connectivity index (χ3v) is 2.43. The molecule has 1 aromatic rings. The fraction of sp³-hybridized carbons (Fsp3) is 0.308. The Labute approximate surface area is 106 Å². The molecule has 0 saturated carbocycles. The second-order valence-electron chi connectivity index (χ2n) is 3.91. The first-order valence-electron chi connectivity index (χ1n) is 5.46. The van der Waals surface area contributed by atoms with E-state index in [-0.39, 0.29) is 5.78 Å². The van der Waals surface area contributed by atoms with Crippen LogP contribution in [0.15, 0.2) is 23.3 Å². The van der Waals surface area contributed by atoms with Crippen molar-refractivity contribution in [2.24, 2.45) is 5.10 Å². The highest BCUT2D eigenvalue weighted by atomic mass is 16.5. The van der Waals surface area contributed by atoms with Crippen molar-refractivity contribution in [2.75, 3.05) is 12.5 Å². The average molecular weight is 248 g/mol. The summed E-state index contributed by atoms with van der Waals surface area (Å²) < 4.78 is 4.68. The van der Waals surface area contributed by atoms with Crippen LogP contribution in [0.2, 0.25) is 0 Å². The number of methoxy groups -OCH3 is 1. The number of carbonyl (C=O) groups is 2. The Kier molecular flexibility index (Phi) is 4.59. The van der Waals surface area contributed by atoms with E-state index in [1.165, 1.54) is 14.0 Å². The molecule has 1 N–H and O–H groups in total. The minimum Gasteiger partial charge on any atom is -0.465 e. The van der Waals surface area contributed by atoms with E-state index in [0.29, 0.717) is 17.0 Å². The summed E-state index contributed by atoms with van der Waals surface area (Å²) in [4.78, 5) is 22.6. The van der Waals surface area contributed by atoms with Gasteiger partial charge < -0.3 is 4.74 Å². The number of Topliss-reactive ketones (excluding diaryl/α,β-unsaturated/α-hetero) is 1. The molecule has 0 spiro atoms. The second-order valence-corrected chi connectivity index (χ2v) is 3.91. The number of esters is 1. The molecule has 0 atom stereocenters. The van der Waals surface area contributed by atoms with Gasteiger partial charge in [-0.2, -0.15) is 5.10 Å². The standard InChI is InChI=1S/C13H16N2O3/c1-8-5-6-11(13(17)18-4)12(7-8)15-14-9(2)10(3)16/h5-7,15H,1-4H3/b14-9-. The van der Waals surface area contributed by atoms with Gasteiger partial charge in [0.1, 0.15) is 5.71 Å². The summed E-state index contributed by atoms with van der Waals surface area (Å²) in [6, 6.07) is 5.23. The molecule has 1 rings (SSSR count). The zero-order chi connectivity index (χ0) is 13.7. The van der Waals surface area contributed by atoms with Crippen LogP contribution in [0.4, 0.5) is 5.69 Å². The lowest BCUT2D eigenvalue weighted by Gasteiger charge is -2.08. The lowest BCUT2D eigenvalue weighted by Crippen LogP contribution is -2.10. The summed E-state index contributed by atoms with van der Waals surface area (Å²) in [5, 5.41) is 3.92. The van der Waals surface area contributed by atoms with Gasteiger partial charge in [-0.3, -0.25) is 10.2 Å². The van der Waals surface area contributed by atoms with Gasteiger partial charge in [0.15, 0.2) is 5.78 Å². The Balaban J connectivity index is 3.07. The van der Waals surface area contributed by atoms with Crippen LogP contribution >= 0.6 is 0 Å². The molecular weight excluding hydrogens is 232 g/mol. The third-order valence-electron chi connectivity index (χ3n) is 2.43. The molecule has 5 heteroatoms. The Bertz CT molecular complexity index is 507. The van der Waals surface area contributed by atoms with Crippen LogP contribution in [-0.2, 0) is 9.53 Å². The molecule has 0 saturated heterocycles. The van der Waals surface area contributed by atoms with Crippen molar-refractivity contribution in [3.8, 4) is 0 Å². The highest BCUT2D eigenvalue weighted by Crippen LogP contribution is 2.18. The van der Waals surface area contributed by atoms with Crippen molar-refractivity contribution in [2.45, 2.75) is 20.8 Å². The smallest absolute Gasteiger partial charge is 0.340 e. The Hall–Kier alpha value is -2.17. The molecule has 0 heterocycles. The van der Waals surface area contributed by atoms with E-state index in [2.05, 4.69) is 15.3 Å². The fourth-order valence-corrected chi connectivity index (χ4v) is 1.26. The molecule has 0 aliphatic rings. The summed E-state index contributed by atoms with van der Waals surface area (Å²) in [5.74, 6) is -0.581. The quantitative estimate of drug-likeness (QED) is 0.503. The lowest BCUT2D eigenvalue weighted by atomic mass is 10.1. The number of benzene rings is 1. The summed E-state index contributed by atoms with van der Waals surface area (Å²) in [7, 11) is 1.32. The topological polar surface area (TPSA) is 67.8 Å². The number of aryl methyl sites for hydroxylation is 1. The monoisotopic (exact) mass is 248 g/mol. The van der Waals surface area contributed by atoms with E-state index in [4.69, 9.17) is 0 Å². The van der Waals surface area contributed by atoms with Gasteiger partial charge in [-0.15, -0.1) is 0 Å². The lowest BCUT2D eigenvalue weighted by molar-refractivity contribution is -0.111. The van der Waals surface area contributed by atoms with Crippen molar-refractivity contribution >= 4 is 23.2 Å². The van der Waals surface area contributed by atoms with E-state index in [0.717, 1.165) is 5.56 Å². The van der Waals surface area contributed by atoms with Gasteiger partial charge in [0.05, 0.1) is 18.4 Å². The summed E-state index contributed by atoms with van der Waals surface area (Å²) in [6.07, 6.45) is 0. The molecule has 0 radical (unpaired) electrons. The van der Waals surface area contributed by atoms with Crippen LogP contribution in [0.1, 0.15) is 29.8 Å². The first-order chi connectivity index (χ1) is 8.45. The van der Waals surface area contributed by atoms with Crippen LogP contribution in [0.5, 0.6) is 0 Å². The maximum absolute atomic E-state index is 11.5. The number of nitrogens with one attached hydrogen (secondary N) is 1. The van der Waals surface area contributed by atoms with Gasteiger partial charge in [0.25, 0.3) is 0 Å². The van der Waals surface area contributed by atoms with Crippen molar-refractivity contribution in [1.29, 1.82) is 0 Å². The van der Waals surface area contributed by atoms with E-state index in [1.807, 2.05) is 6.92 Å². The van der Waals surface area contributed by atoms with E-state index < -0.39 is 5.97 Å². The summed E-state index contributed by atoms with van der Waals surface area (Å²) in [5.41, 5.74) is 4.92. The van der Waals surface area contributed by atoms with Gasteiger partial charge in [-0.25, -0.2) is 4.79 Å². The average Bonchev–Trinajstić information content (AvgIpc) is 2.34. The normalized spacial score (nSPS) is 11.0. The molecule has 0 aliphatic carbocycles. The van der Waals surface area contributed by atoms with Gasteiger partial charge >= 0.3 is 5.97 Å². The highest BCUT2D eigenvalue weighted by Gasteiger charge is 2.11. The van der Waals surface area contributed by atoms with Crippen molar-refractivity contribution in [1.82, 2.24) is 0 Å². The molecule has 96 valence electrons. The Morgan fingerprint density at radius 1 is 1.28 bits per heavy atom. The van der Waals surface area contributed by atoms with E-state index in [1.54, 1.807) is 25.1 Å². The van der Waals surface area contributed by atoms with E-state index in [9.17, 15) is 9.59 Å². The molecule has 18 heavy (non-hydrogen) atoms. The van der Waals surface area contributed by atoms with Crippen LogP contribution in [-0.4, -0.2) is 24.6 Å². The van der Waals surface area contributed by atoms with E-state index >= 15 is 0 Å². The number of nitrogens with zero attached hydrogens (tertiary/aromatic N) is 1. The fourth-order valence-electron chi connectivity index (χ4n) is 1.26. The van der Waals surface area contributed by atoms with Crippen LogP contribution in [0, 0.1) is 6.92 Å². The number of anilines is 1. The first-order valence-corrected chi connectivity index (χ1v) is 5.46. The molecule has 0 unspecified atom stereocenters. The maximum atomic E-state index is 11.5. The van der Waals surface area contributed by atoms with Crippen molar-refractivity contribution in [3.05, 3.63) is 29.3 Å². The number of hydrogen-bond donors (Lipinski definition) is 1. The summed E-state index contributed by atoms with van der Waals surface area (Å²) >= 11 is 0. The zero-order valence-electron chi connectivity index (χ0n) is 10.9. The SMILES string of the molecule is COC(=O)c1ccc(C)cc1N/N=C(/C)C(C)=O. The van der Waals surface area contributed by atoms with Gasteiger partial charge in [0.2, 0.25) is 0 Å². The maximum Gasteiger partial charge on any atom is 0.340 e. The highest BCUT2D eigenvalue weighted by molar-refractivity contribution is 6.38. The van der Waals surface area contributed by atoms with Gasteiger partial charge in [-0.05, 0) is 31.5 Å². The largest absolute Gasteiger partial charge is 0.465 e. The molecule has 0 bridgehead atoms. The second kappa shape index (κ2) is 5.95. The zero-order valence-corrected chi connectivity index (χ0v) is 10.9. The number of hydrogen-bond acceptors (Lipinski definition) is 5. The minimum atomic E-state index is -0.451. The van der Waals surface area contributed by atoms with Gasteiger partial charge in [0, 0.05) is 6.92 Å². The number of ketones is 1. The molecular formula is C13H16N2O3. The molecule has 0 fully saturated rings. The Morgan fingerprint density at radius 3 is 2.50 bits per heavy atom. The molecule has 0 amide bonds. The molecule has 0 aromatic heterocycles. The summed E-state index contributed by atoms with van der Waals surface area (Å²) in [6.45, 7) is 4.93. The van der Waals surface area contributed by atoms with Crippen LogP contribution < -0.4 is 5.43 Å². The number of hydrazone groups is 1. The predicted octanol–water partition coefficient (Wildman–Crippen LogP) is 2.16. The van der Waals surface area contributed by atoms with Crippen LogP contribution in [0.25, 0.3) is 0 Å². The van der Waals surface area contributed by atoms with Crippen molar-refractivity contribution < 1.29 is 14.3 Å². The molecule has 0 aliphatic heterocycles. The molecule has 1 aromatic carbocycles. The number of carbonyl (C=O) groups excluding carboxylic acids is 2.